The first-order valence-electron chi connectivity index (χ1n) is 7.62. The molecule has 0 radical (unpaired) electrons. The molecule has 0 spiro atoms. The molecule has 0 aliphatic carbocycles. The number of hydrogen-bond acceptors (Lipinski definition) is 3. The maximum Gasteiger partial charge on any atom is 0.257 e. The van der Waals surface area contributed by atoms with Crippen molar-refractivity contribution in [1.29, 1.82) is 0 Å². The van der Waals surface area contributed by atoms with E-state index >= 15 is 0 Å². The molecule has 0 bridgehead atoms. The van der Waals surface area contributed by atoms with E-state index in [0.717, 1.165) is 24.3 Å². The molecule has 5 nitrogen and oxygen atoms in total. The lowest BCUT2D eigenvalue weighted by Crippen LogP contribution is -2.33. The second-order valence-corrected chi connectivity index (χ2v) is 5.69. The highest BCUT2D eigenvalue weighted by atomic mass is 16.2. The Morgan fingerprint density at radius 1 is 1.23 bits per heavy atom. The molecule has 0 saturated carbocycles. The normalized spacial score (nSPS) is 17.3. The zero-order chi connectivity index (χ0) is 14.9. The minimum absolute atomic E-state index is 0.0760. The first kappa shape index (κ1) is 13.3. The van der Waals surface area contributed by atoms with E-state index in [0.29, 0.717) is 19.6 Å². The van der Waals surface area contributed by atoms with E-state index in [9.17, 15) is 4.79 Å². The molecule has 0 saturated heterocycles. The number of nitrogens with one attached hydrogen (secondary N) is 1. The van der Waals surface area contributed by atoms with Gasteiger partial charge in [0, 0.05) is 26.2 Å². The summed E-state index contributed by atoms with van der Waals surface area (Å²) in [6.45, 7) is 3.79. The summed E-state index contributed by atoms with van der Waals surface area (Å²) in [7, 11) is 0. The van der Waals surface area contributed by atoms with E-state index < -0.39 is 0 Å². The number of amides is 1. The number of hydrogen-bond donors (Lipinski definition) is 1. The minimum Gasteiger partial charge on any atom is -0.330 e. The number of aromatic nitrogens is 2. The highest BCUT2D eigenvalue weighted by Crippen LogP contribution is 2.23. The number of benzene rings is 1. The molecule has 0 atom stereocenters. The van der Waals surface area contributed by atoms with Gasteiger partial charge in [0.1, 0.15) is 0 Å². The Morgan fingerprint density at radius 3 is 2.95 bits per heavy atom. The van der Waals surface area contributed by atoms with Gasteiger partial charge in [-0.1, -0.05) is 36.4 Å². The summed E-state index contributed by atoms with van der Waals surface area (Å²) >= 11 is 0. The monoisotopic (exact) mass is 294 g/mol. The van der Waals surface area contributed by atoms with Crippen molar-refractivity contribution in [1.82, 2.24) is 20.0 Å². The van der Waals surface area contributed by atoms with Crippen LogP contribution < -0.4 is 5.32 Å². The summed E-state index contributed by atoms with van der Waals surface area (Å²) in [6.07, 6.45) is 3.85. The van der Waals surface area contributed by atoms with Gasteiger partial charge in [0.15, 0.2) is 0 Å². The summed E-state index contributed by atoms with van der Waals surface area (Å²) in [4.78, 5) is 14.7. The molecule has 4 rings (SSSR count). The fourth-order valence-electron chi connectivity index (χ4n) is 3.10. The van der Waals surface area contributed by atoms with Gasteiger partial charge in [-0.05, 0) is 11.1 Å². The van der Waals surface area contributed by atoms with Gasteiger partial charge >= 0.3 is 0 Å². The van der Waals surface area contributed by atoms with Crippen molar-refractivity contribution >= 4 is 11.5 Å². The van der Waals surface area contributed by atoms with Crippen molar-refractivity contribution in [2.45, 2.75) is 13.1 Å². The van der Waals surface area contributed by atoms with Crippen molar-refractivity contribution in [3.63, 3.8) is 0 Å². The Balaban J connectivity index is 1.53. The molecule has 112 valence electrons. The van der Waals surface area contributed by atoms with Crippen LogP contribution in [0.5, 0.6) is 0 Å². The lowest BCUT2D eigenvalue weighted by atomic mass is 10.1. The van der Waals surface area contributed by atoms with E-state index in [-0.39, 0.29) is 5.91 Å². The summed E-state index contributed by atoms with van der Waals surface area (Å²) in [5, 5.41) is 7.64. The van der Waals surface area contributed by atoms with Gasteiger partial charge in [0.2, 0.25) is 0 Å². The topological polar surface area (TPSA) is 50.2 Å². The second kappa shape index (κ2) is 5.42. The van der Waals surface area contributed by atoms with E-state index in [2.05, 4.69) is 28.6 Å². The molecule has 3 heterocycles. The van der Waals surface area contributed by atoms with Crippen LogP contribution in [0.1, 0.15) is 21.6 Å². The van der Waals surface area contributed by atoms with Gasteiger partial charge in [0.05, 0.1) is 24.0 Å². The highest BCUT2D eigenvalue weighted by Gasteiger charge is 2.26. The fraction of sp³-hybridized carbons (Fsp3) is 0.294. The van der Waals surface area contributed by atoms with Crippen molar-refractivity contribution in [3.8, 4) is 0 Å². The van der Waals surface area contributed by atoms with Crippen molar-refractivity contribution < 1.29 is 4.79 Å². The molecule has 1 aromatic carbocycles. The van der Waals surface area contributed by atoms with Gasteiger partial charge < -0.3 is 10.2 Å². The Bertz CT molecular complexity index is 732. The number of carbonyl (C=O) groups is 1. The van der Waals surface area contributed by atoms with Crippen LogP contribution in [0, 0.1) is 0 Å². The Hall–Kier alpha value is -2.40. The van der Waals surface area contributed by atoms with E-state index in [1.807, 2.05) is 27.8 Å². The molecule has 22 heavy (non-hydrogen) atoms. The van der Waals surface area contributed by atoms with Gasteiger partial charge in [-0.15, -0.1) is 0 Å². The third-order valence-corrected chi connectivity index (χ3v) is 4.32. The SMILES string of the molecule is O=C(c1cnn2c1CNCC2)N1CC=C(c2ccccc2)C1. The van der Waals surface area contributed by atoms with Crippen molar-refractivity contribution in [3.05, 3.63) is 59.4 Å². The molecule has 2 aromatic rings. The zero-order valence-electron chi connectivity index (χ0n) is 12.3. The number of rotatable bonds is 2. The zero-order valence-corrected chi connectivity index (χ0v) is 12.3. The predicted molar refractivity (Wildman–Crippen MR) is 84.3 cm³/mol. The first-order chi connectivity index (χ1) is 10.8. The number of fused-ring (bicyclic) bond motifs is 1. The van der Waals surface area contributed by atoms with Gasteiger partial charge in [0.25, 0.3) is 5.91 Å². The van der Waals surface area contributed by atoms with Gasteiger partial charge in [-0.2, -0.15) is 5.10 Å². The summed E-state index contributed by atoms with van der Waals surface area (Å²) in [5.41, 5.74) is 4.14. The Labute approximate surface area is 129 Å². The molecule has 0 unspecified atom stereocenters. The maximum atomic E-state index is 12.8. The Kier molecular flexibility index (Phi) is 3.27. The lowest BCUT2D eigenvalue weighted by Gasteiger charge is -2.19. The molecule has 2 aliphatic heterocycles. The third-order valence-electron chi connectivity index (χ3n) is 4.32. The molecule has 2 aliphatic rings. The van der Waals surface area contributed by atoms with Gasteiger partial charge in [-0.25, -0.2) is 0 Å². The van der Waals surface area contributed by atoms with Crippen LogP contribution in [-0.4, -0.2) is 40.2 Å². The van der Waals surface area contributed by atoms with Crippen LogP contribution in [0.25, 0.3) is 5.57 Å². The van der Waals surface area contributed by atoms with E-state index in [4.69, 9.17) is 0 Å². The Morgan fingerprint density at radius 2 is 2.09 bits per heavy atom. The smallest absolute Gasteiger partial charge is 0.257 e. The number of nitrogens with zero attached hydrogens (tertiary/aromatic N) is 3. The summed E-state index contributed by atoms with van der Waals surface area (Å²) in [6, 6.07) is 10.2. The van der Waals surface area contributed by atoms with Gasteiger partial charge in [-0.3, -0.25) is 9.48 Å². The average Bonchev–Trinajstić information content (AvgIpc) is 3.22. The maximum absolute atomic E-state index is 12.8. The largest absolute Gasteiger partial charge is 0.330 e. The molecule has 0 fully saturated rings. The third kappa shape index (κ3) is 2.23. The minimum atomic E-state index is 0.0760. The van der Waals surface area contributed by atoms with Crippen molar-refractivity contribution in [2.24, 2.45) is 0 Å². The van der Waals surface area contributed by atoms with E-state index in [1.54, 1.807) is 6.20 Å². The summed E-state index contributed by atoms with van der Waals surface area (Å²) in [5.74, 6) is 0.0760. The van der Waals surface area contributed by atoms with Crippen LogP contribution in [-0.2, 0) is 13.1 Å². The molecular formula is C17H18N4O. The van der Waals surface area contributed by atoms with Crippen molar-refractivity contribution in [2.75, 3.05) is 19.6 Å². The lowest BCUT2D eigenvalue weighted by molar-refractivity contribution is 0.0800. The molecule has 1 aromatic heterocycles. The molecular weight excluding hydrogens is 276 g/mol. The standard InChI is InChI=1S/C17H18N4O/c22-17(15-10-19-21-9-7-18-11-16(15)21)20-8-6-14(12-20)13-4-2-1-3-5-13/h1-6,10,18H,7-9,11-12H2. The van der Waals surface area contributed by atoms with Crippen LogP contribution in [0.15, 0.2) is 42.6 Å². The van der Waals surface area contributed by atoms with Crippen LogP contribution in [0.3, 0.4) is 0 Å². The van der Waals surface area contributed by atoms with E-state index in [1.165, 1.54) is 11.1 Å². The average molecular weight is 294 g/mol. The summed E-state index contributed by atoms with van der Waals surface area (Å²) < 4.78 is 1.94. The quantitative estimate of drug-likeness (QED) is 0.914. The fourth-order valence-corrected chi connectivity index (χ4v) is 3.10. The van der Waals surface area contributed by atoms with Crippen LogP contribution in [0.4, 0.5) is 0 Å². The number of carbonyl (C=O) groups excluding carboxylic acids is 1. The predicted octanol–water partition coefficient (Wildman–Crippen LogP) is 1.53. The first-order valence-corrected chi connectivity index (χ1v) is 7.62. The van der Waals surface area contributed by atoms with Crippen LogP contribution in [0.2, 0.25) is 0 Å². The highest BCUT2D eigenvalue weighted by molar-refractivity contribution is 5.97. The molecule has 5 heteroatoms. The molecule has 1 amide bonds. The van der Waals surface area contributed by atoms with Crippen LogP contribution >= 0.6 is 0 Å². The molecule has 1 N–H and O–H groups in total. The second-order valence-electron chi connectivity index (χ2n) is 5.69.